The van der Waals surface area contributed by atoms with E-state index in [-0.39, 0.29) is 4.90 Å². The summed E-state index contributed by atoms with van der Waals surface area (Å²) in [5.74, 6) is 0. The Kier molecular flexibility index (Phi) is 2.79. The summed E-state index contributed by atoms with van der Waals surface area (Å²) in [6, 6.07) is 8.20. The average molecular weight is 334 g/mol. The molecule has 0 radical (unpaired) electrons. The summed E-state index contributed by atoms with van der Waals surface area (Å²) >= 11 is 2.12. The second kappa shape index (κ2) is 3.93. The molecule has 0 unspecified atom stereocenters. The van der Waals surface area contributed by atoms with Gasteiger partial charge in [-0.1, -0.05) is 0 Å². The first-order valence-electron chi connectivity index (χ1n) is 4.11. The number of rotatable bonds is 2. The molecule has 0 bridgehead atoms. The van der Waals surface area contributed by atoms with Crippen LogP contribution in [0.3, 0.4) is 0 Å². The Morgan fingerprint density at radius 1 is 1.20 bits per heavy atom. The first-order valence-corrected chi connectivity index (χ1v) is 6.63. The molecule has 0 saturated carbocycles. The van der Waals surface area contributed by atoms with Crippen LogP contribution in [0, 0.1) is 3.57 Å². The summed E-state index contributed by atoms with van der Waals surface area (Å²) in [5, 5.41) is 3.71. The molecule has 0 aliphatic carbocycles. The van der Waals surface area contributed by atoms with Crippen molar-refractivity contribution in [1.29, 1.82) is 0 Å². The summed E-state index contributed by atoms with van der Waals surface area (Å²) in [7, 11) is -3.51. The van der Waals surface area contributed by atoms with Crippen LogP contribution >= 0.6 is 22.6 Å². The Morgan fingerprint density at radius 2 is 1.87 bits per heavy atom. The van der Waals surface area contributed by atoms with Gasteiger partial charge in [0.25, 0.3) is 10.0 Å². The van der Waals surface area contributed by atoms with Crippen molar-refractivity contribution in [1.82, 2.24) is 9.19 Å². The minimum absolute atomic E-state index is 0.242. The molecule has 2 rings (SSSR count). The van der Waals surface area contributed by atoms with Crippen LogP contribution in [0.5, 0.6) is 0 Å². The topological polar surface area (TPSA) is 52.0 Å². The third-order valence-electron chi connectivity index (χ3n) is 1.84. The Balaban J connectivity index is 2.52. The normalized spacial score (nSPS) is 11.5. The van der Waals surface area contributed by atoms with Crippen molar-refractivity contribution in [2.24, 2.45) is 0 Å². The SMILES string of the molecule is O=S(=O)(c1ccc(I)cc1)n1cccn1. The Morgan fingerprint density at radius 3 is 2.40 bits per heavy atom. The zero-order chi connectivity index (χ0) is 10.9. The molecule has 15 heavy (non-hydrogen) atoms. The van der Waals surface area contributed by atoms with Gasteiger partial charge in [-0.25, -0.2) is 0 Å². The highest BCUT2D eigenvalue weighted by Crippen LogP contribution is 2.14. The summed E-state index contributed by atoms with van der Waals surface area (Å²) in [6.07, 6.45) is 2.84. The fourth-order valence-corrected chi connectivity index (χ4v) is 2.58. The predicted molar refractivity (Wildman–Crippen MR) is 64.0 cm³/mol. The van der Waals surface area contributed by atoms with Gasteiger partial charge in [-0.2, -0.15) is 17.6 Å². The molecule has 0 fully saturated rings. The largest absolute Gasteiger partial charge is 0.282 e. The molecular weight excluding hydrogens is 327 g/mol. The van der Waals surface area contributed by atoms with E-state index in [9.17, 15) is 8.42 Å². The smallest absolute Gasteiger partial charge is 0.199 e. The third kappa shape index (κ3) is 2.05. The predicted octanol–water partition coefficient (Wildman–Crippen LogP) is 1.72. The van der Waals surface area contributed by atoms with Gasteiger partial charge in [0, 0.05) is 9.77 Å². The molecule has 0 spiro atoms. The van der Waals surface area contributed by atoms with Gasteiger partial charge in [0.1, 0.15) is 0 Å². The Hall–Kier alpha value is -0.890. The number of hydrogen-bond acceptors (Lipinski definition) is 3. The van der Waals surface area contributed by atoms with E-state index in [2.05, 4.69) is 27.7 Å². The molecule has 0 atom stereocenters. The molecule has 78 valence electrons. The Labute approximate surface area is 101 Å². The first kappa shape index (κ1) is 10.6. The standard InChI is InChI=1S/C9H7IN2O2S/c10-8-2-4-9(5-3-8)15(13,14)12-7-1-6-11-12/h1-7H. The van der Waals surface area contributed by atoms with Gasteiger partial charge in [0.05, 0.1) is 11.1 Å². The van der Waals surface area contributed by atoms with Crippen molar-refractivity contribution < 1.29 is 8.42 Å². The zero-order valence-electron chi connectivity index (χ0n) is 7.54. The van der Waals surface area contributed by atoms with Gasteiger partial charge in [-0.05, 0) is 52.9 Å². The minimum Gasteiger partial charge on any atom is -0.199 e. The van der Waals surface area contributed by atoms with Crippen LogP contribution in [-0.2, 0) is 10.0 Å². The third-order valence-corrected chi connectivity index (χ3v) is 4.13. The van der Waals surface area contributed by atoms with E-state index in [1.54, 1.807) is 30.3 Å². The summed E-state index contributed by atoms with van der Waals surface area (Å²) in [6.45, 7) is 0. The van der Waals surface area contributed by atoms with E-state index in [1.807, 2.05) is 0 Å². The number of benzene rings is 1. The monoisotopic (exact) mass is 334 g/mol. The van der Waals surface area contributed by atoms with Gasteiger partial charge in [-0.3, -0.25) is 0 Å². The van der Waals surface area contributed by atoms with Crippen molar-refractivity contribution in [2.75, 3.05) is 0 Å². The van der Waals surface area contributed by atoms with Crippen LogP contribution < -0.4 is 0 Å². The fourth-order valence-electron chi connectivity index (χ4n) is 1.11. The molecule has 0 aliphatic heterocycles. The van der Waals surface area contributed by atoms with E-state index in [1.165, 1.54) is 12.4 Å². The lowest BCUT2D eigenvalue weighted by molar-refractivity contribution is 0.580. The van der Waals surface area contributed by atoms with E-state index < -0.39 is 10.0 Å². The molecule has 0 saturated heterocycles. The van der Waals surface area contributed by atoms with E-state index in [0.29, 0.717) is 0 Å². The highest BCUT2D eigenvalue weighted by molar-refractivity contribution is 14.1. The van der Waals surface area contributed by atoms with Crippen LogP contribution in [0.15, 0.2) is 47.6 Å². The van der Waals surface area contributed by atoms with Crippen LogP contribution in [0.1, 0.15) is 0 Å². The number of hydrogen-bond donors (Lipinski definition) is 0. The van der Waals surface area contributed by atoms with Crippen LogP contribution in [-0.4, -0.2) is 17.6 Å². The lowest BCUT2D eigenvalue weighted by Gasteiger charge is -2.03. The molecule has 2 aromatic rings. The average Bonchev–Trinajstić information content (AvgIpc) is 2.71. The van der Waals surface area contributed by atoms with Crippen molar-refractivity contribution >= 4 is 32.6 Å². The summed E-state index contributed by atoms with van der Waals surface area (Å²) in [5.41, 5.74) is 0. The quantitative estimate of drug-likeness (QED) is 0.786. The molecule has 6 heteroatoms. The lowest BCUT2D eigenvalue weighted by Crippen LogP contribution is -2.13. The van der Waals surface area contributed by atoms with E-state index >= 15 is 0 Å². The van der Waals surface area contributed by atoms with Gasteiger partial charge >= 0.3 is 0 Å². The van der Waals surface area contributed by atoms with E-state index in [4.69, 9.17) is 0 Å². The fraction of sp³-hybridized carbons (Fsp3) is 0. The second-order valence-corrected chi connectivity index (χ2v) is 5.88. The highest BCUT2D eigenvalue weighted by atomic mass is 127. The zero-order valence-corrected chi connectivity index (χ0v) is 10.5. The molecule has 0 aliphatic rings. The summed E-state index contributed by atoms with van der Waals surface area (Å²) < 4.78 is 25.8. The van der Waals surface area contributed by atoms with Crippen LogP contribution in [0.25, 0.3) is 0 Å². The molecule has 4 nitrogen and oxygen atoms in total. The highest BCUT2D eigenvalue weighted by Gasteiger charge is 2.15. The van der Waals surface area contributed by atoms with E-state index in [0.717, 1.165) is 7.66 Å². The maximum atomic E-state index is 11.9. The van der Waals surface area contributed by atoms with Crippen LogP contribution in [0.2, 0.25) is 0 Å². The van der Waals surface area contributed by atoms with Crippen molar-refractivity contribution in [3.8, 4) is 0 Å². The molecule has 1 aromatic heterocycles. The number of nitrogens with zero attached hydrogens (tertiary/aromatic N) is 2. The molecular formula is C9H7IN2O2S. The maximum Gasteiger partial charge on any atom is 0.282 e. The summed E-state index contributed by atoms with van der Waals surface area (Å²) in [4.78, 5) is 0.242. The van der Waals surface area contributed by atoms with Crippen molar-refractivity contribution in [3.63, 3.8) is 0 Å². The van der Waals surface area contributed by atoms with Crippen LogP contribution in [0.4, 0.5) is 0 Å². The molecule has 1 heterocycles. The van der Waals surface area contributed by atoms with Gasteiger partial charge in [0.15, 0.2) is 0 Å². The molecule has 0 amide bonds. The molecule has 1 aromatic carbocycles. The van der Waals surface area contributed by atoms with Gasteiger partial charge in [0.2, 0.25) is 0 Å². The lowest BCUT2D eigenvalue weighted by atomic mass is 10.4. The van der Waals surface area contributed by atoms with Crippen molar-refractivity contribution in [3.05, 3.63) is 46.3 Å². The number of halogens is 1. The van der Waals surface area contributed by atoms with Gasteiger partial charge < -0.3 is 0 Å². The Bertz CT molecular complexity index is 546. The minimum atomic E-state index is -3.51. The van der Waals surface area contributed by atoms with Crippen molar-refractivity contribution in [2.45, 2.75) is 4.90 Å². The molecule has 0 N–H and O–H groups in total. The van der Waals surface area contributed by atoms with Gasteiger partial charge in [-0.15, -0.1) is 0 Å². The first-order chi connectivity index (χ1) is 7.10. The number of aromatic nitrogens is 2. The second-order valence-electron chi connectivity index (χ2n) is 2.84. The maximum absolute atomic E-state index is 11.9.